The molecule has 1 saturated carbocycles. The highest BCUT2D eigenvalue weighted by molar-refractivity contribution is 14.1. The van der Waals surface area contributed by atoms with E-state index in [1.807, 2.05) is 0 Å². The van der Waals surface area contributed by atoms with E-state index in [2.05, 4.69) is 37.9 Å². The van der Waals surface area contributed by atoms with Crippen molar-refractivity contribution in [3.63, 3.8) is 0 Å². The Hall–Kier alpha value is -0.430. The summed E-state index contributed by atoms with van der Waals surface area (Å²) in [5.74, 6) is 1.02. The van der Waals surface area contributed by atoms with Crippen LogP contribution in [0, 0.1) is 9.49 Å². The van der Waals surface area contributed by atoms with Crippen LogP contribution in [0.15, 0.2) is 12.4 Å². The molecule has 2 N–H and O–H groups in total. The number of aliphatic hydroxyl groups excluding tert-OH is 1. The monoisotopic (exact) mass is 319 g/mol. The first kappa shape index (κ1) is 11.1. The third-order valence-electron chi connectivity index (χ3n) is 2.83. The number of hydrogen-bond acceptors (Lipinski definition) is 4. The fourth-order valence-electron chi connectivity index (χ4n) is 2.00. The molecule has 15 heavy (non-hydrogen) atoms. The molecule has 5 heteroatoms. The van der Waals surface area contributed by atoms with Crippen molar-refractivity contribution in [3.8, 4) is 0 Å². The summed E-state index contributed by atoms with van der Waals surface area (Å²) in [4.78, 5) is 8.40. The number of anilines is 1. The Morgan fingerprint density at radius 1 is 1.40 bits per heavy atom. The first-order chi connectivity index (χ1) is 7.29. The largest absolute Gasteiger partial charge is 0.396 e. The van der Waals surface area contributed by atoms with E-state index in [0.29, 0.717) is 17.9 Å². The van der Waals surface area contributed by atoms with Crippen LogP contribution in [0.4, 0.5) is 5.95 Å². The molecule has 82 valence electrons. The topological polar surface area (TPSA) is 58.0 Å². The van der Waals surface area contributed by atoms with E-state index in [-0.39, 0.29) is 6.61 Å². The number of halogens is 1. The highest BCUT2D eigenvalue weighted by Gasteiger charge is 2.26. The second-order valence-electron chi connectivity index (χ2n) is 3.85. The van der Waals surface area contributed by atoms with Gasteiger partial charge in [0, 0.05) is 34.5 Å². The molecule has 2 rings (SSSR count). The van der Waals surface area contributed by atoms with Crippen molar-refractivity contribution in [1.82, 2.24) is 9.97 Å². The van der Waals surface area contributed by atoms with Crippen molar-refractivity contribution in [3.05, 3.63) is 16.0 Å². The van der Waals surface area contributed by atoms with Gasteiger partial charge >= 0.3 is 0 Å². The van der Waals surface area contributed by atoms with Crippen molar-refractivity contribution in [2.75, 3.05) is 11.9 Å². The first-order valence-electron chi connectivity index (χ1n) is 5.14. The minimum Gasteiger partial charge on any atom is -0.396 e. The van der Waals surface area contributed by atoms with Gasteiger partial charge in [0.1, 0.15) is 0 Å². The van der Waals surface area contributed by atoms with Gasteiger partial charge in [-0.1, -0.05) is 6.42 Å². The van der Waals surface area contributed by atoms with Crippen LogP contribution in [0.1, 0.15) is 19.3 Å². The van der Waals surface area contributed by atoms with E-state index in [1.165, 1.54) is 6.42 Å². The van der Waals surface area contributed by atoms with Crippen molar-refractivity contribution in [2.24, 2.45) is 5.92 Å². The normalized spacial score (nSPS) is 25.5. The molecule has 2 atom stereocenters. The fourth-order valence-corrected chi connectivity index (χ4v) is 2.28. The quantitative estimate of drug-likeness (QED) is 0.832. The molecular formula is C10H14IN3O. The summed E-state index contributed by atoms with van der Waals surface area (Å²) < 4.78 is 1.03. The van der Waals surface area contributed by atoms with Crippen LogP contribution in [0.3, 0.4) is 0 Å². The van der Waals surface area contributed by atoms with Gasteiger partial charge in [-0.25, -0.2) is 9.97 Å². The SMILES string of the molecule is OCC1CCCC1Nc1ncc(I)cn1. The third-order valence-corrected chi connectivity index (χ3v) is 3.39. The van der Waals surface area contributed by atoms with Gasteiger partial charge in [0.25, 0.3) is 0 Å². The zero-order valence-corrected chi connectivity index (χ0v) is 10.5. The predicted molar refractivity (Wildman–Crippen MR) is 66.6 cm³/mol. The molecule has 0 amide bonds. The molecule has 1 aromatic rings. The molecule has 0 spiro atoms. The Morgan fingerprint density at radius 3 is 2.80 bits per heavy atom. The minimum atomic E-state index is 0.252. The summed E-state index contributed by atoms with van der Waals surface area (Å²) >= 11 is 2.18. The van der Waals surface area contributed by atoms with Gasteiger partial charge in [-0.05, 0) is 35.4 Å². The van der Waals surface area contributed by atoms with Gasteiger partial charge in [0.05, 0.1) is 0 Å². The van der Waals surface area contributed by atoms with Gasteiger partial charge in [0.2, 0.25) is 5.95 Å². The third kappa shape index (κ3) is 2.78. The number of nitrogens with zero attached hydrogens (tertiary/aromatic N) is 2. The Labute approximate surface area is 103 Å². The molecule has 2 unspecified atom stereocenters. The molecule has 0 radical (unpaired) electrons. The zero-order valence-electron chi connectivity index (χ0n) is 8.36. The maximum absolute atomic E-state index is 9.18. The highest BCUT2D eigenvalue weighted by atomic mass is 127. The van der Waals surface area contributed by atoms with Crippen LogP contribution < -0.4 is 5.32 Å². The van der Waals surface area contributed by atoms with Crippen LogP contribution in [0.25, 0.3) is 0 Å². The van der Waals surface area contributed by atoms with Crippen molar-refractivity contribution >= 4 is 28.5 Å². The number of aromatic nitrogens is 2. The van der Waals surface area contributed by atoms with E-state index in [1.54, 1.807) is 12.4 Å². The molecule has 1 aromatic heterocycles. The maximum Gasteiger partial charge on any atom is 0.222 e. The van der Waals surface area contributed by atoms with Crippen molar-refractivity contribution in [2.45, 2.75) is 25.3 Å². The lowest BCUT2D eigenvalue weighted by Crippen LogP contribution is -2.27. The van der Waals surface area contributed by atoms with Crippen molar-refractivity contribution < 1.29 is 5.11 Å². The number of rotatable bonds is 3. The van der Waals surface area contributed by atoms with Crippen LogP contribution >= 0.6 is 22.6 Å². The van der Waals surface area contributed by atoms with Crippen molar-refractivity contribution in [1.29, 1.82) is 0 Å². The lowest BCUT2D eigenvalue weighted by atomic mass is 10.1. The average molecular weight is 319 g/mol. The lowest BCUT2D eigenvalue weighted by molar-refractivity contribution is 0.222. The van der Waals surface area contributed by atoms with Crippen LogP contribution in [-0.4, -0.2) is 27.7 Å². The van der Waals surface area contributed by atoms with E-state index in [0.717, 1.165) is 16.4 Å². The van der Waals surface area contributed by atoms with E-state index < -0.39 is 0 Å². The second-order valence-corrected chi connectivity index (χ2v) is 5.09. The van der Waals surface area contributed by atoms with Crippen LogP contribution in [-0.2, 0) is 0 Å². The molecule has 0 bridgehead atoms. The minimum absolute atomic E-state index is 0.252. The van der Waals surface area contributed by atoms with Gasteiger partial charge < -0.3 is 10.4 Å². The highest BCUT2D eigenvalue weighted by Crippen LogP contribution is 2.27. The fraction of sp³-hybridized carbons (Fsp3) is 0.600. The maximum atomic E-state index is 9.18. The van der Waals surface area contributed by atoms with E-state index in [9.17, 15) is 5.11 Å². The Morgan fingerprint density at radius 2 is 2.13 bits per heavy atom. The molecule has 0 aliphatic heterocycles. The molecular weight excluding hydrogens is 305 g/mol. The number of aliphatic hydroxyl groups is 1. The van der Waals surface area contributed by atoms with E-state index in [4.69, 9.17) is 0 Å². The summed E-state index contributed by atoms with van der Waals surface area (Å²) in [6.45, 7) is 0.252. The summed E-state index contributed by atoms with van der Waals surface area (Å²) in [6, 6.07) is 0.329. The summed E-state index contributed by atoms with van der Waals surface area (Å²) in [6.07, 6.45) is 6.95. The molecule has 1 aliphatic carbocycles. The van der Waals surface area contributed by atoms with E-state index >= 15 is 0 Å². The molecule has 1 aliphatic rings. The molecule has 0 aromatic carbocycles. The van der Waals surface area contributed by atoms with Crippen LogP contribution in [0.5, 0.6) is 0 Å². The Bertz CT molecular complexity index is 317. The molecule has 1 fully saturated rings. The van der Waals surface area contributed by atoms with Gasteiger partial charge in [-0.3, -0.25) is 0 Å². The molecule has 1 heterocycles. The summed E-state index contributed by atoms with van der Waals surface area (Å²) in [5.41, 5.74) is 0. The second kappa shape index (κ2) is 5.07. The lowest BCUT2D eigenvalue weighted by Gasteiger charge is -2.18. The molecule has 0 saturated heterocycles. The number of hydrogen-bond donors (Lipinski definition) is 2. The standard InChI is InChI=1S/C10H14IN3O/c11-8-4-12-10(13-5-8)14-9-3-1-2-7(9)6-15/h4-5,7,9,15H,1-3,6H2,(H,12,13,14). The Kier molecular flexibility index (Phi) is 3.74. The molecule has 4 nitrogen and oxygen atoms in total. The summed E-state index contributed by atoms with van der Waals surface area (Å²) in [5, 5.41) is 12.5. The van der Waals surface area contributed by atoms with Gasteiger partial charge in [-0.15, -0.1) is 0 Å². The summed E-state index contributed by atoms with van der Waals surface area (Å²) in [7, 11) is 0. The number of nitrogens with one attached hydrogen (secondary N) is 1. The smallest absolute Gasteiger partial charge is 0.222 e. The van der Waals surface area contributed by atoms with Gasteiger partial charge in [-0.2, -0.15) is 0 Å². The Balaban J connectivity index is 1.99. The average Bonchev–Trinajstić information content (AvgIpc) is 2.69. The first-order valence-corrected chi connectivity index (χ1v) is 6.22. The zero-order chi connectivity index (χ0) is 10.7. The van der Waals surface area contributed by atoms with Gasteiger partial charge in [0.15, 0.2) is 0 Å². The predicted octanol–water partition coefficient (Wildman–Crippen LogP) is 1.65. The van der Waals surface area contributed by atoms with Crippen LogP contribution in [0.2, 0.25) is 0 Å².